The van der Waals surface area contributed by atoms with Crippen molar-refractivity contribution in [3.8, 4) is 0 Å². The highest BCUT2D eigenvalue weighted by molar-refractivity contribution is 5.98. The second kappa shape index (κ2) is 6.19. The van der Waals surface area contributed by atoms with Crippen molar-refractivity contribution < 1.29 is 14.0 Å². The fourth-order valence-corrected chi connectivity index (χ4v) is 3.30. The number of carbonyl (C=O) groups is 2. The Labute approximate surface area is 130 Å². The zero-order chi connectivity index (χ0) is 15.7. The number of likely N-dealkylation sites (tertiary alicyclic amines) is 1. The van der Waals surface area contributed by atoms with E-state index in [1.165, 1.54) is 25.0 Å². The number of hydrogen-bond donors (Lipinski definition) is 0. The number of carbonyl (C=O) groups excluding carboxylic acids is 2. The number of halogens is 1. The third-order valence-electron chi connectivity index (χ3n) is 5.02. The fraction of sp³-hybridized carbons (Fsp3) is 0.556. The minimum Gasteiger partial charge on any atom is -0.342 e. The Balaban J connectivity index is 1.55. The van der Waals surface area contributed by atoms with Gasteiger partial charge >= 0.3 is 0 Å². The Bertz CT molecular complexity index is 557. The number of Topliss-reactive ketones (excluding diaryl/α,β-unsaturated/α-hetero) is 1. The van der Waals surface area contributed by atoms with Crippen molar-refractivity contribution in [3.05, 3.63) is 35.6 Å². The third-order valence-corrected chi connectivity index (χ3v) is 5.02. The molecule has 0 radical (unpaired) electrons. The molecule has 1 heterocycles. The quantitative estimate of drug-likeness (QED) is 0.800. The van der Waals surface area contributed by atoms with E-state index in [0.717, 1.165) is 0 Å². The SMILES string of the molecule is CC(C(=O)N1CCC(C(=O)c2ccc(F)cc2)CC1)C1CC1. The first kappa shape index (κ1) is 15.2. The largest absolute Gasteiger partial charge is 0.342 e. The molecule has 2 aliphatic rings. The Morgan fingerprint density at radius 2 is 1.68 bits per heavy atom. The molecule has 0 bridgehead atoms. The van der Waals surface area contributed by atoms with Gasteiger partial charge in [0.05, 0.1) is 0 Å². The van der Waals surface area contributed by atoms with E-state index in [-0.39, 0.29) is 29.3 Å². The number of nitrogens with zero attached hydrogens (tertiary/aromatic N) is 1. The maximum atomic E-state index is 12.9. The molecule has 1 aliphatic carbocycles. The molecule has 4 heteroatoms. The van der Waals surface area contributed by atoms with Crippen LogP contribution in [0.1, 0.15) is 43.0 Å². The number of ketones is 1. The summed E-state index contributed by atoms with van der Waals surface area (Å²) >= 11 is 0. The molecule has 0 spiro atoms. The number of amides is 1. The van der Waals surface area contributed by atoms with Crippen LogP contribution in [-0.2, 0) is 4.79 Å². The number of hydrogen-bond acceptors (Lipinski definition) is 2. The molecular formula is C18H22FNO2. The van der Waals surface area contributed by atoms with Crippen molar-refractivity contribution in [1.82, 2.24) is 4.90 Å². The van der Waals surface area contributed by atoms with E-state index in [1.807, 2.05) is 11.8 Å². The Morgan fingerprint density at radius 3 is 2.23 bits per heavy atom. The summed E-state index contributed by atoms with van der Waals surface area (Å²) in [5.41, 5.74) is 0.567. The van der Waals surface area contributed by atoms with Crippen LogP contribution in [0.25, 0.3) is 0 Å². The lowest BCUT2D eigenvalue weighted by Crippen LogP contribution is -2.43. The monoisotopic (exact) mass is 303 g/mol. The van der Waals surface area contributed by atoms with Crippen LogP contribution < -0.4 is 0 Å². The molecule has 1 aromatic rings. The highest BCUT2D eigenvalue weighted by Gasteiger charge is 2.36. The van der Waals surface area contributed by atoms with Gasteiger partial charge in [0.15, 0.2) is 5.78 Å². The van der Waals surface area contributed by atoms with E-state index >= 15 is 0 Å². The van der Waals surface area contributed by atoms with Gasteiger partial charge in [-0.1, -0.05) is 6.92 Å². The van der Waals surface area contributed by atoms with Gasteiger partial charge in [0.2, 0.25) is 5.91 Å². The maximum Gasteiger partial charge on any atom is 0.225 e. The minimum atomic E-state index is -0.328. The van der Waals surface area contributed by atoms with Gasteiger partial charge in [0.25, 0.3) is 0 Å². The molecule has 2 fully saturated rings. The van der Waals surface area contributed by atoms with Gasteiger partial charge in [-0.3, -0.25) is 9.59 Å². The molecule has 1 atom stereocenters. The number of piperidine rings is 1. The number of benzene rings is 1. The van der Waals surface area contributed by atoms with Crippen LogP contribution in [0.3, 0.4) is 0 Å². The average Bonchev–Trinajstić information content (AvgIpc) is 3.38. The van der Waals surface area contributed by atoms with Gasteiger partial charge in [0, 0.05) is 30.5 Å². The lowest BCUT2D eigenvalue weighted by Gasteiger charge is -2.33. The van der Waals surface area contributed by atoms with Crippen LogP contribution in [-0.4, -0.2) is 29.7 Å². The van der Waals surface area contributed by atoms with E-state index in [4.69, 9.17) is 0 Å². The zero-order valence-corrected chi connectivity index (χ0v) is 12.9. The first-order valence-electron chi connectivity index (χ1n) is 8.15. The molecular weight excluding hydrogens is 281 g/mol. The smallest absolute Gasteiger partial charge is 0.225 e. The first-order valence-corrected chi connectivity index (χ1v) is 8.15. The predicted molar refractivity (Wildman–Crippen MR) is 81.9 cm³/mol. The van der Waals surface area contributed by atoms with Gasteiger partial charge in [-0.15, -0.1) is 0 Å². The lowest BCUT2D eigenvalue weighted by atomic mass is 9.88. The van der Waals surface area contributed by atoms with E-state index in [9.17, 15) is 14.0 Å². The van der Waals surface area contributed by atoms with Crippen molar-refractivity contribution in [2.75, 3.05) is 13.1 Å². The van der Waals surface area contributed by atoms with Gasteiger partial charge in [-0.25, -0.2) is 4.39 Å². The summed E-state index contributed by atoms with van der Waals surface area (Å²) in [6.45, 7) is 3.34. The molecule has 1 amide bonds. The summed E-state index contributed by atoms with van der Waals surface area (Å²) in [6, 6.07) is 5.74. The summed E-state index contributed by atoms with van der Waals surface area (Å²) < 4.78 is 12.9. The highest BCUT2D eigenvalue weighted by Crippen LogP contribution is 2.38. The van der Waals surface area contributed by atoms with Crippen LogP contribution in [0, 0.1) is 23.6 Å². The van der Waals surface area contributed by atoms with E-state index in [2.05, 4.69) is 0 Å². The average molecular weight is 303 g/mol. The van der Waals surface area contributed by atoms with Crippen molar-refractivity contribution in [2.24, 2.45) is 17.8 Å². The van der Waals surface area contributed by atoms with E-state index in [1.54, 1.807) is 12.1 Å². The molecule has 1 saturated heterocycles. The summed E-state index contributed by atoms with van der Waals surface area (Å²) in [7, 11) is 0. The molecule has 1 aliphatic heterocycles. The normalized spacial score (nSPS) is 20.7. The van der Waals surface area contributed by atoms with Crippen molar-refractivity contribution in [3.63, 3.8) is 0 Å². The van der Waals surface area contributed by atoms with Gasteiger partial charge in [0.1, 0.15) is 5.82 Å². The molecule has 118 valence electrons. The summed E-state index contributed by atoms with van der Waals surface area (Å²) in [5.74, 6) is 0.643. The molecule has 3 rings (SSSR count). The summed E-state index contributed by atoms with van der Waals surface area (Å²) in [5, 5.41) is 0. The predicted octanol–water partition coefficient (Wildman–Crippen LogP) is 3.29. The molecule has 1 saturated carbocycles. The lowest BCUT2D eigenvalue weighted by molar-refractivity contribution is -0.136. The molecule has 0 aromatic heterocycles. The van der Waals surface area contributed by atoms with Crippen molar-refractivity contribution in [2.45, 2.75) is 32.6 Å². The van der Waals surface area contributed by atoms with Crippen molar-refractivity contribution in [1.29, 1.82) is 0 Å². The van der Waals surface area contributed by atoms with Crippen LogP contribution in [0.5, 0.6) is 0 Å². The fourth-order valence-electron chi connectivity index (χ4n) is 3.30. The molecule has 1 unspecified atom stereocenters. The molecule has 22 heavy (non-hydrogen) atoms. The standard InChI is InChI=1S/C18H22FNO2/c1-12(13-2-3-13)18(22)20-10-8-15(9-11-20)17(21)14-4-6-16(19)7-5-14/h4-7,12-13,15H,2-3,8-11H2,1H3. The van der Waals surface area contributed by atoms with Crippen LogP contribution in [0.2, 0.25) is 0 Å². The topological polar surface area (TPSA) is 37.4 Å². The highest BCUT2D eigenvalue weighted by atomic mass is 19.1. The molecule has 0 N–H and O–H groups in total. The van der Waals surface area contributed by atoms with E-state index in [0.29, 0.717) is 37.4 Å². The summed E-state index contributed by atoms with van der Waals surface area (Å²) in [6.07, 6.45) is 3.76. The van der Waals surface area contributed by atoms with Crippen LogP contribution in [0.15, 0.2) is 24.3 Å². The zero-order valence-electron chi connectivity index (χ0n) is 12.9. The Kier molecular flexibility index (Phi) is 4.27. The van der Waals surface area contributed by atoms with Gasteiger partial charge in [-0.2, -0.15) is 0 Å². The summed E-state index contributed by atoms with van der Waals surface area (Å²) in [4.78, 5) is 26.7. The minimum absolute atomic E-state index is 0.0502. The maximum absolute atomic E-state index is 12.9. The van der Waals surface area contributed by atoms with Crippen LogP contribution in [0.4, 0.5) is 4.39 Å². The third kappa shape index (κ3) is 3.21. The molecule has 3 nitrogen and oxygen atoms in total. The Hall–Kier alpha value is -1.71. The van der Waals surface area contributed by atoms with Gasteiger partial charge in [-0.05, 0) is 55.9 Å². The molecule has 1 aromatic carbocycles. The number of rotatable bonds is 4. The Morgan fingerprint density at radius 1 is 1.09 bits per heavy atom. The van der Waals surface area contributed by atoms with Gasteiger partial charge < -0.3 is 4.90 Å². The second-order valence-corrected chi connectivity index (χ2v) is 6.60. The van der Waals surface area contributed by atoms with Crippen molar-refractivity contribution >= 4 is 11.7 Å². The van der Waals surface area contributed by atoms with E-state index < -0.39 is 0 Å². The van der Waals surface area contributed by atoms with Crippen LogP contribution >= 0.6 is 0 Å². The first-order chi connectivity index (χ1) is 10.6. The second-order valence-electron chi connectivity index (χ2n) is 6.60.